The fourth-order valence-corrected chi connectivity index (χ4v) is 2.87. The molecule has 0 aromatic heterocycles. The van der Waals surface area contributed by atoms with Crippen molar-refractivity contribution in [2.75, 3.05) is 32.8 Å². The van der Waals surface area contributed by atoms with Crippen molar-refractivity contribution in [2.24, 2.45) is 0 Å². The van der Waals surface area contributed by atoms with Gasteiger partial charge < -0.3 is 25.0 Å². The summed E-state index contributed by atoms with van der Waals surface area (Å²) in [5, 5.41) is 6.33. The monoisotopic (exact) mass is 383 g/mol. The maximum absolute atomic E-state index is 11.9. The SMILES string of the molecule is CCOC(=O)N1CCC(NC(=O)NCCCOc2ccccc2Cl)CC1. The van der Waals surface area contributed by atoms with Crippen LogP contribution >= 0.6 is 11.6 Å². The summed E-state index contributed by atoms with van der Waals surface area (Å²) >= 11 is 6.01. The molecule has 8 heteroatoms. The Labute approximate surface area is 159 Å². The number of piperidine rings is 1. The second-order valence-corrected chi connectivity index (χ2v) is 6.40. The number of nitrogens with one attached hydrogen (secondary N) is 2. The molecule has 1 aliphatic heterocycles. The van der Waals surface area contributed by atoms with Gasteiger partial charge in [-0.25, -0.2) is 9.59 Å². The first kappa shape index (κ1) is 20.2. The van der Waals surface area contributed by atoms with Crippen molar-refractivity contribution >= 4 is 23.7 Å². The number of halogens is 1. The minimum Gasteiger partial charge on any atom is -0.492 e. The zero-order valence-electron chi connectivity index (χ0n) is 15.0. The summed E-state index contributed by atoms with van der Waals surface area (Å²) in [5.41, 5.74) is 0. The van der Waals surface area contributed by atoms with E-state index in [1.165, 1.54) is 0 Å². The summed E-state index contributed by atoms with van der Waals surface area (Å²) in [6.07, 6.45) is 1.85. The summed E-state index contributed by atoms with van der Waals surface area (Å²) < 4.78 is 10.5. The fraction of sp³-hybridized carbons (Fsp3) is 0.556. The first-order chi connectivity index (χ1) is 12.6. The minimum atomic E-state index is -0.283. The second-order valence-electron chi connectivity index (χ2n) is 5.99. The van der Waals surface area contributed by atoms with E-state index in [0.29, 0.717) is 50.0 Å². The maximum Gasteiger partial charge on any atom is 0.409 e. The van der Waals surface area contributed by atoms with E-state index >= 15 is 0 Å². The Kier molecular flexibility index (Phi) is 8.34. The number of para-hydroxylation sites is 1. The van der Waals surface area contributed by atoms with Crippen LogP contribution in [0.25, 0.3) is 0 Å². The summed E-state index contributed by atoms with van der Waals surface area (Å²) in [7, 11) is 0. The van der Waals surface area contributed by atoms with E-state index in [9.17, 15) is 9.59 Å². The van der Waals surface area contributed by atoms with Gasteiger partial charge in [0, 0.05) is 25.7 Å². The molecule has 1 aliphatic rings. The van der Waals surface area contributed by atoms with Gasteiger partial charge in [0.05, 0.1) is 18.2 Å². The van der Waals surface area contributed by atoms with Crippen LogP contribution in [-0.4, -0.2) is 55.9 Å². The summed E-state index contributed by atoms with van der Waals surface area (Å²) in [6, 6.07) is 7.16. The molecule has 0 unspecified atom stereocenters. The van der Waals surface area contributed by atoms with Gasteiger partial charge >= 0.3 is 12.1 Å². The van der Waals surface area contributed by atoms with Gasteiger partial charge in [-0.15, -0.1) is 0 Å². The van der Waals surface area contributed by atoms with Crippen molar-refractivity contribution in [2.45, 2.75) is 32.2 Å². The van der Waals surface area contributed by atoms with Crippen molar-refractivity contribution in [3.8, 4) is 5.75 Å². The predicted molar refractivity (Wildman–Crippen MR) is 99.7 cm³/mol. The van der Waals surface area contributed by atoms with Crippen LogP contribution in [0.1, 0.15) is 26.2 Å². The molecule has 0 atom stereocenters. The van der Waals surface area contributed by atoms with Gasteiger partial charge in [-0.05, 0) is 38.3 Å². The molecular weight excluding hydrogens is 358 g/mol. The van der Waals surface area contributed by atoms with E-state index < -0.39 is 0 Å². The molecule has 0 spiro atoms. The van der Waals surface area contributed by atoms with Crippen molar-refractivity contribution in [3.63, 3.8) is 0 Å². The molecule has 1 aromatic carbocycles. The number of benzene rings is 1. The summed E-state index contributed by atoms with van der Waals surface area (Å²) in [4.78, 5) is 25.2. The zero-order chi connectivity index (χ0) is 18.8. The first-order valence-electron chi connectivity index (χ1n) is 8.93. The van der Waals surface area contributed by atoms with Crippen molar-refractivity contribution in [3.05, 3.63) is 29.3 Å². The highest BCUT2D eigenvalue weighted by atomic mass is 35.5. The topological polar surface area (TPSA) is 79.9 Å². The van der Waals surface area contributed by atoms with Gasteiger partial charge in [0.2, 0.25) is 0 Å². The third-order valence-electron chi connectivity index (χ3n) is 4.06. The van der Waals surface area contributed by atoms with Crippen LogP contribution in [0.4, 0.5) is 9.59 Å². The number of amides is 3. The largest absolute Gasteiger partial charge is 0.492 e. The highest BCUT2D eigenvalue weighted by Crippen LogP contribution is 2.22. The molecule has 0 bridgehead atoms. The molecule has 7 nitrogen and oxygen atoms in total. The highest BCUT2D eigenvalue weighted by molar-refractivity contribution is 6.32. The molecule has 144 valence electrons. The molecule has 0 radical (unpaired) electrons. The number of hydrogen-bond donors (Lipinski definition) is 2. The number of hydrogen-bond acceptors (Lipinski definition) is 4. The molecule has 1 heterocycles. The van der Waals surface area contributed by atoms with E-state index in [-0.39, 0.29) is 18.2 Å². The average Bonchev–Trinajstić information content (AvgIpc) is 2.63. The Morgan fingerprint density at radius 2 is 2.00 bits per heavy atom. The smallest absolute Gasteiger partial charge is 0.409 e. The lowest BCUT2D eigenvalue weighted by molar-refractivity contribution is 0.0957. The molecule has 3 amide bonds. The van der Waals surface area contributed by atoms with E-state index in [1.54, 1.807) is 17.9 Å². The molecule has 2 rings (SSSR count). The van der Waals surface area contributed by atoms with Crippen LogP contribution in [0.15, 0.2) is 24.3 Å². The van der Waals surface area contributed by atoms with Crippen LogP contribution < -0.4 is 15.4 Å². The Bertz CT molecular complexity index is 592. The molecule has 1 saturated heterocycles. The molecule has 0 aliphatic carbocycles. The van der Waals surface area contributed by atoms with E-state index in [2.05, 4.69) is 10.6 Å². The number of nitrogens with zero attached hydrogens (tertiary/aromatic N) is 1. The molecule has 1 fully saturated rings. The number of likely N-dealkylation sites (tertiary alicyclic amines) is 1. The third kappa shape index (κ3) is 6.63. The van der Waals surface area contributed by atoms with Gasteiger partial charge in [0.15, 0.2) is 0 Å². The summed E-state index contributed by atoms with van der Waals surface area (Å²) in [5.74, 6) is 0.645. The highest BCUT2D eigenvalue weighted by Gasteiger charge is 2.24. The van der Waals surface area contributed by atoms with E-state index in [0.717, 1.165) is 12.8 Å². The Morgan fingerprint density at radius 3 is 2.69 bits per heavy atom. The fourth-order valence-electron chi connectivity index (χ4n) is 2.68. The number of ether oxygens (including phenoxy) is 2. The van der Waals surface area contributed by atoms with Gasteiger partial charge in [-0.1, -0.05) is 23.7 Å². The minimum absolute atomic E-state index is 0.0695. The number of urea groups is 1. The maximum atomic E-state index is 11.9. The van der Waals surface area contributed by atoms with Crippen LogP contribution in [0.3, 0.4) is 0 Å². The van der Waals surface area contributed by atoms with Crippen LogP contribution in [0.2, 0.25) is 5.02 Å². The molecule has 2 N–H and O–H groups in total. The second kappa shape index (κ2) is 10.8. The van der Waals surface area contributed by atoms with Crippen molar-refractivity contribution in [1.29, 1.82) is 0 Å². The standard InChI is InChI=1S/C18H26ClN3O4/c1-2-25-18(24)22-11-8-14(9-12-22)21-17(23)20-10-5-13-26-16-7-4-3-6-15(16)19/h3-4,6-7,14H,2,5,8-13H2,1H3,(H2,20,21,23). The molecule has 26 heavy (non-hydrogen) atoms. The van der Waals surface area contributed by atoms with Crippen molar-refractivity contribution < 1.29 is 19.1 Å². The molecule has 0 saturated carbocycles. The van der Waals surface area contributed by atoms with Gasteiger partial charge in [-0.3, -0.25) is 0 Å². The van der Waals surface area contributed by atoms with E-state index in [1.807, 2.05) is 18.2 Å². The van der Waals surface area contributed by atoms with Gasteiger partial charge in [0.1, 0.15) is 5.75 Å². The zero-order valence-corrected chi connectivity index (χ0v) is 15.8. The van der Waals surface area contributed by atoms with Gasteiger partial charge in [0.25, 0.3) is 0 Å². The lowest BCUT2D eigenvalue weighted by atomic mass is 10.1. The first-order valence-corrected chi connectivity index (χ1v) is 9.31. The van der Waals surface area contributed by atoms with Crippen LogP contribution in [0, 0.1) is 0 Å². The molecular formula is C18H26ClN3O4. The lowest BCUT2D eigenvalue weighted by Crippen LogP contribution is -2.49. The number of rotatable bonds is 7. The Balaban J connectivity index is 1.55. The number of carbonyl (C=O) groups excluding carboxylic acids is 2. The summed E-state index contributed by atoms with van der Waals surface area (Å²) in [6.45, 7) is 4.33. The van der Waals surface area contributed by atoms with Gasteiger partial charge in [-0.2, -0.15) is 0 Å². The lowest BCUT2D eigenvalue weighted by Gasteiger charge is -2.31. The average molecular weight is 384 g/mol. The quantitative estimate of drug-likeness (QED) is 0.709. The number of carbonyl (C=O) groups is 2. The van der Waals surface area contributed by atoms with E-state index in [4.69, 9.17) is 21.1 Å². The van der Waals surface area contributed by atoms with Crippen LogP contribution in [0.5, 0.6) is 5.75 Å². The van der Waals surface area contributed by atoms with Crippen LogP contribution in [-0.2, 0) is 4.74 Å². The normalized spacial score (nSPS) is 14.6. The Hall–Kier alpha value is -2.15. The van der Waals surface area contributed by atoms with Crippen molar-refractivity contribution in [1.82, 2.24) is 15.5 Å². The Morgan fingerprint density at radius 1 is 1.27 bits per heavy atom. The predicted octanol–water partition coefficient (Wildman–Crippen LogP) is 3.03. The third-order valence-corrected chi connectivity index (χ3v) is 4.37. The molecule has 1 aromatic rings.